The molecule has 0 heterocycles. The molecule has 5 heteroatoms. The number of nitrogens with zero attached hydrogens (tertiary/aromatic N) is 1. The summed E-state index contributed by atoms with van der Waals surface area (Å²) in [5.41, 5.74) is 2.03. The number of nitro groups is 1. The topological polar surface area (TPSA) is 69.4 Å². The van der Waals surface area contributed by atoms with Gasteiger partial charge in [-0.05, 0) is 25.5 Å². The summed E-state index contributed by atoms with van der Waals surface area (Å²) in [4.78, 5) is 22.2. The maximum atomic E-state index is 12.0. The van der Waals surface area contributed by atoms with Gasteiger partial charge in [-0.1, -0.05) is 35.9 Å². The molecule has 2 rings (SSSR count). The SMILES string of the molecule is Cc1ccc([C@@H](C)OC(=O)c2cccc([N+](=O)[O-])c2)cc1. The third kappa shape index (κ3) is 3.66. The van der Waals surface area contributed by atoms with Crippen molar-refractivity contribution in [3.8, 4) is 0 Å². The van der Waals surface area contributed by atoms with E-state index in [0.29, 0.717) is 0 Å². The van der Waals surface area contributed by atoms with E-state index >= 15 is 0 Å². The lowest BCUT2D eigenvalue weighted by Crippen LogP contribution is -2.09. The molecular formula is C16H15NO4. The van der Waals surface area contributed by atoms with Gasteiger partial charge in [0.2, 0.25) is 0 Å². The predicted octanol–water partition coefficient (Wildman–Crippen LogP) is 3.82. The summed E-state index contributed by atoms with van der Waals surface area (Å²) in [5.74, 6) is -0.577. The van der Waals surface area contributed by atoms with Gasteiger partial charge in [0.1, 0.15) is 6.10 Å². The van der Waals surface area contributed by atoms with Crippen molar-refractivity contribution in [3.05, 3.63) is 75.3 Å². The number of hydrogen-bond donors (Lipinski definition) is 0. The third-order valence-corrected chi connectivity index (χ3v) is 3.12. The molecule has 0 radical (unpaired) electrons. The fourth-order valence-corrected chi connectivity index (χ4v) is 1.88. The molecule has 0 aromatic heterocycles. The third-order valence-electron chi connectivity index (χ3n) is 3.12. The van der Waals surface area contributed by atoms with Gasteiger partial charge >= 0.3 is 5.97 Å². The van der Waals surface area contributed by atoms with Gasteiger partial charge in [0.05, 0.1) is 10.5 Å². The number of esters is 1. The maximum absolute atomic E-state index is 12.0. The molecular weight excluding hydrogens is 270 g/mol. The quantitative estimate of drug-likeness (QED) is 0.486. The molecule has 5 nitrogen and oxygen atoms in total. The van der Waals surface area contributed by atoms with Crippen LogP contribution in [0.5, 0.6) is 0 Å². The number of rotatable bonds is 4. The van der Waals surface area contributed by atoms with Gasteiger partial charge in [0, 0.05) is 12.1 Å². The van der Waals surface area contributed by atoms with Crippen LogP contribution in [0.1, 0.15) is 34.5 Å². The van der Waals surface area contributed by atoms with E-state index in [1.807, 2.05) is 31.2 Å². The molecule has 1 atom stereocenters. The Morgan fingerprint density at radius 1 is 1.19 bits per heavy atom. The smallest absolute Gasteiger partial charge is 0.338 e. The van der Waals surface area contributed by atoms with Gasteiger partial charge < -0.3 is 4.74 Å². The molecule has 0 aliphatic carbocycles. The standard InChI is InChI=1S/C16H15NO4/c1-11-6-8-13(9-7-11)12(2)21-16(18)14-4-3-5-15(10-14)17(19)20/h3-10,12H,1-2H3/t12-/m1/s1. The Bertz CT molecular complexity index is 664. The van der Waals surface area contributed by atoms with Crippen LogP contribution >= 0.6 is 0 Å². The van der Waals surface area contributed by atoms with Crippen molar-refractivity contribution >= 4 is 11.7 Å². The zero-order valence-corrected chi connectivity index (χ0v) is 11.8. The first kappa shape index (κ1) is 14.7. The molecule has 0 N–H and O–H groups in total. The lowest BCUT2D eigenvalue weighted by molar-refractivity contribution is -0.384. The first-order valence-electron chi connectivity index (χ1n) is 6.49. The monoisotopic (exact) mass is 285 g/mol. The lowest BCUT2D eigenvalue weighted by Gasteiger charge is -2.13. The first-order valence-corrected chi connectivity index (χ1v) is 6.49. The Hall–Kier alpha value is -2.69. The second-order valence-corrected chi connectivity index (χ2v) is 4.77. The highest BCUT2D eigenvalue weighted by atomic mass is 16.6. The van der Waals surface area contributed by atoms with Crippen molar-refractivity contribution in [2.24, 2.45) is 0 Å². The van der Waals surface area contributed by atoms with Crippen LogP contribution in [-0.4, -0.2) is 10.9 Å². The van der Waals surface area contributed by atoms with Crippen molar-refractivity contribution < 1.29 is 14.5 Å². The Labute approximate surface area is 122 Å². The molecule has 108 valence electrons. The van der Waals surface area contributed by atoms with Gasteiger partial charge in [0.25, 0.3) is 5.69 Å². The summed E-state index contributed by atoms with van der Waals surface area (Å²) in [5, 5.41) is 10.7. The number of nitro benzene ring substituents is 1. The molecule has 21 heavy (non-hydrogen) atoms. The molecule has 0 spiro atoms. The van der Waals surface area contributed by atoms with Crippen LogP contribution in [0, 0.1) is 17.0 Å². The van der Waals surface area contributed by atoms with Crippen LogP contribution < -0.4 is 0 Å². The van der Waals surface area contributed by atoms with Crippen molar-refractivity contribution in [1.29, 1.82) is 0 Å². The molecule has 0 saturated carbocycles. The van der Waals surface area contributed by atoms with E-state index in [2.05, 4.69) is 0 Å². The van der Waals surface area contributed by atoms with Crippen molar-refractivity contribution in [2.75, 3.05) is 0 Å². The molecule has 0 aliphatic heterocycles. The average Bonchev–Trinajstić information content (AvgIpc) is 2.48. The number of benzene rings is 2. The number of non-ortho nitro benzene ring substituents is 1. The largest absolute Gasteiger partial charge is 0.454 e. The second kappa shape index (κ2) is 6.17. The summed E-state index contributed by atoms with van der Waals surface area (Å²) in [7, 11) is 0. The minimum atomic E-state index is -0.577. The van der Waals surface area contributed by atoms with Crippen LogP contribution in [0.2, 0.25) is 0 Å². The normalized spacial score (nSPS) is 11.7. The van der Waals surface area contributed by atoms with Gasteiger partial charge in [-0.15, -0.1) is 0 Å². The van der Waals surface area contributed by atoms with E-state index in [0.717, 1.165) is 11.1 Å². The van der Waals surface area contributed by atoms with E-state index in [-0.39, 0.29) is 11.3 Å². The van der Waals surface area contributed by atoms with E-state index in [9.17, 15) is 14.9 Å². The minimum Gasteiger partial charge on any atom is -0.454 e. The Balaban J connectivity index is 2.12. The highest BCUT2D eigenvalue weighted by Crippen LogP contribution is 2.20. The maximum Gasteiger partial charge on any atom is 0.338 e. The molecule has 0 saturated heterocycles. The van der Waals surface area contributed by atoms with E-state index in [1.165, 1.54) is 24.3 Å². The number of carbonyl (C=O) groups is 1. The van der Waals surface area contributed by atoms with Crippen molar-refractivity contribution in [1.82, 2.24) is 0 Å². The van der Waals surface area contributed by atoms with Crippen molar-refractivity contribution in [2.45, 2.75) is 20.0 Å². The van der Waals surface area contributed by atoms with E-state index in [4.69, 9.17) is 4.74 Å². The Morgan fingerprint density at radius 3 is 2.48 bits per heavy atom. The Morgan fingerprint density at radius 2 is 1.86 bits per heavy atom. The number of hydrogen-bond acceptors (Lipinski definition) is 4. The van der Waals surface area contributed by atoms with Gasteiger partial charge in [-0.2, -0.15) is 0 Å². The number of carbonyl (C=O) groups excluding carboxylic acids is 1. The lowest BCUT2D eigenvalue weighted by atomic mass is 10.1. The van der Waals surface area contributed by atoms with Crippen LogP contribution in [-0.2, 0) is 4.74 Å². The van der Waals surface area contributed by atoms with Crippen LogP contribution in [0.3, 0.4) is 0 Å². The van der Waals surface area contributed by atoms with Gasteiger partial charge in [0.15, 0.2) is 0 Å². The highest BCUT2D eigenvalue weighted by molar-refractivity contribution is 5.90. The number of ether oxygens (including phenoxy) is 1. The molecule has 2 aromatic rings. The fraction of sp³-hybridized carbons (Fsp3) is 0.188. The van der Waals surface area contributed by atoms with Crippen molar-refractivity contribution in [3.63, 3.8) is 0 Å². The molecule has 0 fully saturated rings. The molecule has 0 unspecified atom stereocenters. The summed E-state index contributed by atoms with van der Waals surface area (Å²) in [6.07, 6.45) is -0.419. The summed E-state index contributed by atoms with van der Waals surface area (Å²) >= 11 is 0. The summed E-state index contributed by atoms with van der Waals surface area (Å²) < 4.78 is 5.34. The second-order valence-electron chi connectivity index (χ2n) is 4.77. The molecule has 0 bridgehead atoms. The molecule has 0 aliphatic rings. The van der Waals surface area contributed by atoms with Crippen LogP contribution in [0.4, 0.5) is 5.69 Å². The van der Waals surface area contributed by atoms with E-state index < -0.39 is 17.0 Å². The predicted molar refractivity (Wildman–Crippen MR) is 78.1 cm³/mol. The average molecular weight is 285 g/mol. The fourth-order valence-electron chi connectivity index (χ4n) is 1.88. The highest BCUT2D eigenvalue weighted by Gasteiger charge is 2.16. The minimum absolute atomic E-state index is 0.132. The summed E-state index contributed by atoms with van der Waals surface area (Å²) in [6.45, 7) is 3.74. The molecule has 0 amide bonds. The van der Waals surface area contributed by atoms with E-state index in [1.54, 1.807) is 6.92 Å². The zero-order chi connectivity index (χ0) is 15.4. The summed E-state index contributed by atoms with van der Waals surface area (Å²) in [6, 6.07) is 13.2. The Kier molecular flexibility index (Phi) is 4.33. The molecule has 2 aromatic carbocycles. The van der Waals surface area contributed by atoms with Crippen LogP contribution in [0.25, 0.3) is 0 Å². The first-order chi connectivity index (χ1) is 9.97. The number of aryl methyl sites for hydroxylation is 1. The van der Waals surface area contributed by atoms with Gasteiger partial charge in [-0.3, -0.25) is 10.1 Å². The zero-order valence-electron chi connectivity index (χ0n) is 11.8. The van der Waals surface area contributed by atoms with Crippen LogP contribution in [0.15, 0.2) is 48.5 Å². The van der Waals surface area contributed by atoms with Gasteiger partial charge in [-0.25, -0.2) is 4.79 Å².